The van der Waals surface area contributed by atoms with Gasteiger partial charge in [-0.1, -0.05) is 45.4 Å². The van der Waals surface area contributed by atoms with E-state index in [9.17, 15) is 9.59 Å². The van der Waals surface area contributed by atoms with Gasteiger partial charge in [0, 0.05) is 6.42 Å². The van der Waals surface area contributed by atoms with E-state index in [4.69, 9.17) is 4.74 Å². The fourth-order valence-corrected chi connectivity index (χ4v) is 4.34. The largest absolute Gasteiger partial charge is 0.462 e. The lowest BCUT2D eigenvalue weighted by Crippen LogP contribution is -2.27. The van der Waals surface area contributed by atoms with E-state index in [1.54, 1.807) is 0 Å². The number of ether oxygens (including phenoxy) is 1. The van der Waals surface area contributed by atoms with Crippen molar-refractivity contribution in [2.24, 2.45) is 11.8 Å². The molecule has 23 heavy (non-hydrogen) atoms. The molecule has 0 radical (unpaired) electrons. The fraction of sp³-hybridized carbons (Fsp3) is 0.800. The van der Waals surface area contributed by atoms with Crippen molar-refractivity contribution in [1.82, 2.24) is 0 Å². The molecule has 0 atom stereocenters. The van der Waals surface area contributed by atoms with Crippen molar-refractivity contribution in [3.63, 3.8) is 0 Å². The number of hydrogen-bond acceptors (Lipinski definition) is 3. The Balaban J connectivity index is 2.42. The maximum Gasteiger partial charge on any atom is 0.341 e. The molecular weight excluding hydrogens is 288 g/mol. The average molecular weight is 320 g/mol. The van der Waals surface area contributed by atoms with Crippen molar-refractivity contribution in [2.75, 3.05) is 6.61 Å². The van der Waals surface area contributed by atoms with Gasteiger partial charge in [-0.05, 0) is 50.0 Å². The van der Waals surface area contributed by atoms with Crippen LogP contribution in [0.15, 0.2) is 11.1 Å². The number of Topliss-reactive ketones (excluding diaryl/α,β-unsaturated/α-hetero) is 1. The van der Waals surface area contributed by atoms with Gasteiger partial charge >= 0.3 is 5.97 Å². The van der Waals surface area contributed by atoms with Crippen LogP contribution >= 0.6 is 0 Å². The lowest BCUT2D eigenvalue weighted by atomic mass is 9.71. The molecule has 0 aromatic heterocycles. The van der Waals surface area contributed by atoms with Crippen molar-refractivity contribution in [3.05, 3.63) is 11.1 Å². The first-order valence-corrected chi connectivity index (χ1v) is 9.63. The lowest BCUT2D eigenvalue weighted by molar-refractivity contribution is -0.140. The molecule has 0 bridgehead atoms. The van der Waals surface area contributed by atoms with Crippen molar-refractivity contribution in [3.8, 4) is 0 Å². The summed E-state index contributed by atoms with van der Waals surface area (Å²) in [6, 6.07) is 0. The quantitative estimate of drug-likeness (QED) is 0.300. The third-order valence-corrected chi connectivity index (χ3v) is 5.46. The zero-order chi connectivity index (χ0) is 16.7. The minimum atomic E-state index is -0.370. The van der Waals surface area contributed by atoms with Crippen LogP contribution < -0.4 is 0 Å². The summed E-state index contributed by atoms with van der Waals surface area (Å²) in [5, 5.41) is 0. The molecule has 2 aliphatic carbocycles. The van der Waals surface area contributed by atoms with Gasteiger partial charge in [0.15, 0.2) is 5.78 Å². The van der Waals surface area contributed by atoms with Crippen LogP contribution in [0.1, 0.15) is 84.5 Å². The molecule has 0 unspecified atom stereocenters. The second-order valence-corrected chi connectivity index (χ2v) is 7.00. The molecule has 0 heterocycles. The van der Waals surface area contributed by atoms with Crippen LogP contribution in [-0.4, -0.2) is 18.4 Å². The Kier molecular flexibility index (Phi) is 7.32. The van der Waals surface area contributed by atoms with Crippen LogP contribution in [0.2, 0.25) is 0 Å². The molecule has 3 heteroatoms. The van der Waals surface area contributed by atoms with E-state index >= 15 is 0 Å². The molecule has 3 nitrogen and oxygen atoms in total. The third-order valence-electron chi connectivity index (χ3n) is 5.46. The third kappa shape index (κ3) is 4.68. The smallest absolute Gasteiger partial charge is 0.341 e. The van der Waals surface area contributed by atoms with Crippen LogP contribution in [0.25, 0.3) is 0 Å². The van der Waals surface area contributed by atoms with E-state index in [-0.39, 0.29) is 11.8 Å². The van der Waals surface area contributed by atoms with Crippen LogP contribution in [0.3, 0.4) is 0 Å². The first kappa shape index (κ1) is 18.2. The zero-order valence-electron chi connectivity index (χ0n) is 14.9. The topological polar surface area (TPSA) is 43.4 Å². The van der Waals surface area contributed by atoms with E-state index in [1.807, 2.05) is 13.8 Å². The van der Waals surface area contributed by atoms with E-state index < -0.39 is 0 Å². The van der Waals surface area contributed by atoms with E-state index in [2.05, 4.69) is 0 Å². The number of rotatable bonds is 6. The summed E-state index contributed by atoms with van der Waals surface area (Å²) in [4.78, 5) is 25.2. The summed E-state index contributed by atoms with van der Waals surface area (Å²) >= 11 is 0. The summed E-state index contributed by atoms with van der Waals surface area (Å²) < 4.78 is 5.27. The van der Waals surface area contributed by atoms with Crippen LogP contribution in [-0.2, 0) is 14.3 Å². The monoisotopic (exact) mass is 320 g/mol. The molecule has 0 aromatic rings. The van der Waals surface area contributed by atoms with Crippen LogP contribution in [0.4, 0.5) is 0 Å². The van der Waals surface area contributed by atoms with Crippen LogP contribution in [0, 0.1) is 11.8 Å². The van der Waals surface area contributed by atoms with Crippen molar-refractivity contribution in [1.29, 1.82) is 0 Å². The summed E-state index contributed by atoms with van der Waals surface area (Å²) in [7, 11) is 0. The number of ketones is 1. The maximum absolute atomic E-state index is 12.6. The van der Waals surface area contributed by atoms with Gasteiger partial charge in [-0.15, -0.1) is 0 Å². The molecule has 0 amide bonds. The Bertz CT molecular complexity index is 418. The van der Waals surface area contributed by atoms with Crippen molar-refractivity contribution >= 4 is 11.8 Å². The molecule has 2 aliphatic rings. The molecule has 2 rings (SSSR count). The molecule has 0 aromatic carbocycles. The normalized spacial score (nSPS) is 20.1. The Hall–Kier alpha value is -1.12. The first-order chi connectivity index (χ1) is 11.2. The Morgan fingerprint density at radius 3 is 1.70 bits per heavy atom. The molecule has 130 valence electrons. The van der Waals surface area contributed by atoms with Gasteiger partial charge in [0.25, 0.3) is 0 Å². The molecule has 0 aliphatic heterocycles. The maximum atomic E-state index is 12.6. The zero-order valence-corrected chi connectivity index (χ0v) is 14.9. The highest BCUT2D eigenvalue weighted by molar-refractivity contribution is 6.18. The van der Waals surface area contributed by atoms with E-state index in [1.165, 1.54) is 44.1 Å². The highest BCUT2D eigenvalue weighted by Crippen LogP contribution is 2.41. The molecule has 2 saturated carbocycles. The van der Waals surface area contributed by atoms with Crippen molar-refractivity contribution in [2.45, 2.75) is 84.5 Å². The Morgan fingerprint density at radius 2 is 1.30 bits per heavy atom. The lowest BCUT2D eigenvalue weighted by Gasteiger charge is -2.34. The number of esters is 1. The molecule has 0 saturated heterocycles. The standard InChI is InChI=1S/C20H32O3/c1-3-17(21)19(20(22)23-4-2)18(15-11-7-5-8-12-15)16-13-9-6-10-14-16/h15-16H,3-14H2,1-2H3. The molecule has 2 fully saturated rings. The van der Waals surface area contributed by atoms with Crippen LogP contribution in [0.5, 0.6) is 0 Å². The van der Waals surface area contributed by atoms with Gasteiger partial charge in [0.05, 0.1) is 6.61 Å². The SMILES string of the molecule is CCOC(=O)C(C(=O)CC)=C(C1CCCCC1)C1CCCCC1. The second kappa shape index (κ2) is 9.24. The summed E-state index contributed by atoms with van der Waals surface area (Å²) in [6.07, 6.45) is 12.4. The first-order valence-electron chi connectivity index (χ1n) is 9.63. The Morgan fingerprint density at radius 1 is 0.826 bits per heavy atom. The predicted molar refractivity (Wildman–Crippen MR) is 92.1 cm³/mol. The highest BCUT2D eigenvalue weighted by Gasteiger charge is 2.33. The summed E-state index contributed by atoms with van der Waals surface area (Å²) in [5.41, 5.74) is 1.60. The van der Waals surface area contributed by atoms with Gasteiger partial charge in [0.2, 0.25) is 0 Å². The fourth-order valence-electron chi connectivity index (χ4n) is 4.34. The predicted octanol–water partition coefficient (Wildman–Crippen LogP) is 4.99. The number of carbonyl (C=O) groups excluding carboxylic acids is 2. The summed E-state index contributed by atoms with van der Waals surface area (Å²) in [5.74, 6) is 0.448. The highest BCUT2D eigenvalue weighted by atomic mass is 16.5. The van der Waals surface area contributed by atoms with Gasteiger partial charge in [0.1, 0.15) is 5.57 Å². The molecule has 0 spiro atoms. The number of carbonyl (C=O) groups is 2. The van der Waals surface area contributed by atoms with Gasteiger partial charge in [-0.2, -0.15) is 0 Å². The number of allylic oxidation sites excluding steroid dienone is 1. The van der Waals surface area contributed by atoms with Gasteiger partial charge in [-0.3, -0.25) is 4.79 Å². The van der Waals surface area contributed by atoms with Crippen molar-refractivity contribution < 1.29 is 14.3 Å². The minimum absolute atomic E-state index is 0.0189. The van der Waals surface area contributed by atoms with Gasteiger partial charge in [-0.25, -0.2) is 4.79 Å². The minimum Gasteiger partial charge on any atom is -0.462 e. The molecular formula is C20H32O3. The van der Waals surface area contributed by atoms with E-state index in [0.717, 1.165) is 25.7 Å². The van der Waals surface area contributed by atoms with E-state index in [0.29, 0.717) is 30.4 Å². The van der Waals surface area contributed by atoms with Gasteiger partial charge < -0.3 is 4.74 Å². The number of hydrogen-bond donors (Lipinski definition) is 0. The summed E-state index contributed by atoms with van der Waals surface area (Å²) in [6.45, 7) is 4.00. The molecule has 0 N–H and O–H groups in total. The average Bonchev–Trinajstić information content (AvgIpc) is 2.60. The Labute approximate surface area is 140 Å². The second-order valence-electron chi connectivity index (χ2n) is 7.00.